The van der Waals surface area contributed by atoms with Gasteiger partial charge in [0.2, 0.25) is 5.91 Å². The highest BCUT2D eigenvalue weighted by molar-refractivity contribution is 5.90. The Morgan fingerprint density at radius 3 is 2.72 bits per heavy atom. The Hall–Kier alpha value is -3.16. The van der Waals surface area contributed by atoms with Gasteiger partial charge in [-0.3, -0.25) is 9.59 Å². The Labute approximate surface area is 143 Å². The molecule has 0 aliphatic carbocycles. The van der Waals surface area contributed by atoms with E-state index < -0.39 is 5.91 Å². The fourth-order valence-electron chi connectivity index (χ4n) is 3.20. The highest BCUT2D eigenvalue weighted by Crippen LogP contribution is 2.23. The molecule has 4 rings (SSSR count). The zero-order valence-corrected chi connectivity index (χ0v) is 13.8. The van der Waals surface area contributed by atoms with Crippen molar-refractivity contribution < 1.29 is 9.59 Å². The van der Waals surface area contributed by atoms with E-state index in [9.17, 15) is 9.59 Å². The van der Waals surface area contributed by atoms with Crippen LogP contribution in [0.3, 0.4) is 0 Å². The standard InChI is InChI=1S/C17H18N6O2/c1-11-6-21(15-5-3-2-4-13(11)15)10-16(24)22-7-12(8-22)23-9-14(17(18)25)19-20-23/h2-6,9,12H,7-8,10H2,1H3,(H2,18,25). The number of nitrogens with two attached hydrogens (primary N) is 1. The number of benzene rings is 1. The molecular weight excluding hydrogens is 320 g/mol. The molecule has 8 nitrogen and oxygen atoms in total. The van der Waals surface area contributed by atoms with Gasteiger partial charge < -0.3 is 15.2 Å². The maximum Gasteiger partial charge on any atom is 0.270 e. The van der Waals surface area contributed by atoms with Crippen molar-refractivity contribution in [2.45, 2.75) is 19.5 Å². The molecule has 2 aromatic heterocycles. The highest BCUT2D eigenvalue weighted by atomic mass is 16.2. The topological polar surface area (TPSA) is 99.0 Å². The Bertz CT molecular complexity index is 967. The van der Waals surface area contributed by atoms with Crippen LogP contribution in [-0.2, 0) is 11.3 Å². The van der Waals surface area contributed by atoms with E-state index in [4.69, 9.17) is 5.73 Å². The van der Waals surface area contributed by atoms with Gasteiger partial charge in [-0.25, -0.2) is 4.68 Å². The van der Waals surface area contributed by atoms with Gasteiger partial charge in [-0.1, -0.05) is 23.4 Å². The summed E-state index contributed by atoms with van der Waals surface area (Å²) in [5, 5.41) is 8.79. The van der Waals surface area contributed by atoms with Crippen LogP contribution in [0.2, 0.25) is 0 Å². The van der Waals surface area contributed by atoms with E-state index in [1.54, 1.807) is 9.58 Å². The molecule has 2 amide bonds. The predicted molar refractivity (Wildman–Crippen MR) is 90.8 cm³/mol. The number of aromatic nitrogens is 4. The van der Waals surface area contributed by atoms with Gasteiger partial charge in [0, 0.05) is 30.2 Å². The maximum absolute atomic E-state index is 12.5. The Balaban J connectivity index is 1.42. The Morgan fingerprint density at radius 1 is 1.24 bits per heavy atom. The number of rotatable bonds is 4. The number of hydrogen-bond acceptors (Lipinski definition) is 4. The van der Waals surface area contributed by atoms with Gasteiger partial charge in [0.25, 0.3) is 5.91 Å². The van der Waals surface area contributed by atoms with Crippen molar-refractivity contribution in [3.05, 3.63) is 47.9 Å². The summed E-state index contributed by atoms with van der Waals surface area (Å²) in [4.78, 5) is 25.4. The first kappa shape index (κ1) is 15.4. The first-order valence-corrected chi connectivity index (χ1v) is 8.07. The summed E-state index contributed by atoms with van der Waals surface area (Å²) in [5.74, 6) is -0.541. The summed E-state index contributed by atoms with van der Waals surface area (Å²) in [5.41, 5.74) is 7.53. The number of primary amides is 1. The van der Waals surface area contributed by atoms with Crippen LogP contribution in [0.25, 0.3) is 10.9 Å². The lowest BCUT2D eigenvalue weighted by Gasteiger charge is -2.39. The summed E-state index contributed by atoms with van der Waals surface area (Å²) < 4.78 is 3.58. The largest absolute Gasteiger partial charge is 0.364 e. The molecular formula is C17H18N6O2. The second-order valence-corrected chi connectivity index (χ2v) is 6.36. The minimum Gasteiger partial charge on any atom is -0.364 e. The van der Waals surface area contributed by atoms with Crippen molar-refractivity contribution in [1.82, 2.24) is 24.5 Å². The van der Waals surface area contributed by atoms with Gasteiger partial charge in [0.05, 0.1) is 12.2 Å². The first-order valence-electron chi connectivity index (χ1n) is 8.07. The van der Waals surface area contributed by atoms with Crippen LogP contribution in [0.4, 0.5) is 0 Å². The summed E-state index contributed by atoms with van der Waals surface area (Å²) in [7, 11) is 0. The van der Waals surface area contributed by atoms with Crippen molar-refractivity contribution in [3.8, 4) is 0 Å². The lowest BCUT2D eigenvalue weighted by Crippen LogP contribution is -2.51. The molecule has 1 aromatic carbocycles. The quantitative estimate of drug-likeness (QED) is 0.758. The van der Waals surface area contributed by atoms with Crippen molar-refractivity contribution in [3.63, 3.8) is 0 Å². The molecule has 25 heavy (non-hydrogen) atoms. The zero-order chi connectivity index (χ0) is 17.6. The number of nitrogens with zero attached hydrogens (tertiary/aromatic N) is 5. The molecule has 3 heterocycles. The third-order valence-corrected chi connectivity index (χ3v) is 4.65. The highest BCUT2D eigenvalue weighted by Gasteiger charge is 2.33. The molecule has 128 valence electrons. The molecule has 8 heteroatoms. The van der Waals surface area contributed by atoms with Crippen LogP contribution in [-0.4, -0.2) is 49.4 Å². The third-order valence-electron chi connectivity index (χ3n) is 4.65. The number of fused-ring (bicyclic) bond motifs is 1. The van der Waals surface area contributed by atoms with E-state index >= 15 is 0 Å². The molecule has 1 aliphatic heterocycles. The van der Waals surface area contributed by atoms with E-state index in [0.29, 0.717) is 19.6 Å². The normalized spacial score (nSPS) is 14.7. The van der Waals surface area contributed by atoms with Crippen LogP contribution in [0, 0.1) is 6.92 Å². The predicted octanol–water partition coefficient (Wildman–Crippen LogP) is 0.724. The molecule has 0 unspecified atom stereocenters. The van der Waals surface area contributed by atoms with Gasteiger partial charge >= 0.3 is 0 Å². The van der Waals surface area contributed by atoms with Crippen molar-refractivity contribution >= 4 is 22.7 Å². The average molecular weight is 338 g/mol. The van der Waals surface area contributed by atoms with Gasteiger partial charge in [0.1, 0.15) is 6.54 Å². The molecule has 3 aromatic rings. The summed E-state index contributed by atoms with van der Waals surface area (Å²) >= 11 is 0. The number of likely N-dealkylation sites (tertiary alicyclic amines) is 1. The molecule has 0 saturated carbocycles. The second kappa shape index (κ2) is 5.73. The lowest BCUT2D eigenvalue weighted by atomic mass is 10.1. The number of amides is 2. The van der Waals surface area contributed by atoms with Crippen LogP contribution in [0.1, 0.15) is 22.1 Å². The average Bonchev–Trinajstić information content (AvgIpc) is 3.13. The van der Waals surface area contributed by atoms with E-state index in [-0.39, 0.29) is 17.6 Å². The lowest BCUT2D eigenvalue weighted by molar-refractivity contribution is -0.137. The molecule has 1 aliphatic rings. The number of para-hydroxylation sites is 1. The van der Waals surface area contributed by atoms with Gasteiger partial charge in [0.15, 0.2) is 5.69 Å². The van der Waals surface area contributed by atoms with Crippen LogP contribution in [0.15, 0.2) is 36.7 Å². The van der Waals surface area contributed by atoms with Crippen molar-refractivity contribution in [2.75, 3.05) is 13.1 Å². The second-order valence-electron chi connectivity index (χ2n) is 6.36. The van der Waals surface area contributed by atoms with E-state index in [1.807, 2.05) is 35.9 Å². The molecule has 1 fully saturated rings. The summed E-state index contributed by atoms with van der Waals surface area (Å²) in [6.07, 6.45) is 3.54. The number of carbonyl (C=O) groups excluding carboxylic acids is 2. The number of aryl methyl sites for hydroxylation is 1. The smallest absolute Gasteiger partial charge is 0.270 e. The molecule has 0 spiro atoms. The molecule has 0 bridgehead atoms. The maximum atomic E-state index is 12.5. The Kier molecular flexibility index (Phi) is 3.52. The molecule has 1 saturated heterocycles. The van der Waals surface area contributed by atoms with Gasteiger partial charge in [-0.05, 0) is 18.6 Å². The van der Waals surface area contributed by atoms with Gasteiger partial charge in [-0.15, -0.1) is 5.10 Å². The van der Waals surface area contributed by atoms with Gasteiger partial charge in [-0.2, -0.15) is 0 Å². The van der Waals surface area contributed by atoms with Crippen molar-refractivity contribution in [2.24, 2.45) is 5.73 Å². The van der Waals surface area contributed by atoms with Crippen LogP contribution in [0.5, 0.6) is 0 Å². The third kappa shape index (κ3) is 2.65. The molecule has 0 atom stereocenters. The van der Waals surface area contributed by atoms with E-state index in [1.165, 1.54) is 11.6 Å². The summed E-state index contributed by atoms with van der Waals surface area (Å²) in [6, 6.07) is 8.10. The van der Waals surface area contributed by atoms with E-state index in [0.717, 1.165) is 11.1 Å². The fraction of sp³-hybridized carbons (Fsp3) is 0.294. The minimum atomic E-state index is -0.603. The van der Waals surface area contributed by atoms with Crippen LogP contribution < -0.4 is 5.73 Å². The zero-order valence-electron chi connectivity index (χ0n) is 13.8. The SMILES string of the molecule is Cc1cn(CC(=O)N2CC(n3cc(C(N)=O)nn3)C2)c2ccccc12. The first-order chi connectivity index (χ1) is 12.0. The molecule has 2 N–H and O–H groups in total. The fourth-order valence-corrected chi connectivity index (χ4v) is 3.20. The van der Waals surface area contributed by atoms with E-state index in [2.05, 4.69) is 16.4 Å². The minimum absolute atomic E-state index is 0.0349. The Morgan fingerprint density at radius 2 is 2.00 bits per heavy atom. The number of hydrogen-bond donors (Lipinski definition) is 1. The summed E-state index contributed by atoms with van der Waals surface area (Å²) in [6.45, 7) is 3.46. The van der Waals surface area contributed by atoms with Crippen LogP contribution >= 0.6 is 0 Å². The monoisotopic (exact) mass is 338 g/mol. The van der Waals surface area contributed by atoms with Crippen molar-refractivity contribution in [1.29, 1.82) is 0 Å². The molecule has 0 radical (unpaired) electrons. The number of carbonyl (C=O) groups is 2.